The van der Waals surface area contributed by atoms with Crippen molar-refractivity contribution in [1.29, 1.82) is 0 Å². The van der Waals surface area contributed by atoms with Crippen LogP contribution in [-0.4, -0.2) is 27.2 Å². The Balaban J connectivity index is 2.29. The van der Waals surface area contributed by atoms with E-state index in [4.69, 9.17) is 39.9 Å². The van der Waals surface area contributed by atoms with E-state index in [1.54, 1.807) is 0 Å². The third-order valence-electron chi connectivity index (χ3n) is 2.42. The largest absolute Gasteiger partial charge is 0.478 e. The number of carbonyl (C=O) groups is 2. The fraction of sp³-hybridized carbons (Fsp3) is 0. The van der Waals surface area contributed by atoms with Gasteiger partial charge >= 0.3 is 5.97 Å². The number of hydrogen-bond acceptors (Lipinski definition) is 4. The maximum atomic E-state index is 12.1. The van der Waals surface area contributed by atoms with Gasteiger partial charge in [0, 0.05) is 5.69 Å². The second-order valence-electron chi connectivity index (χ2n) is 3.83. The fourth-order valence-corrected chi connectivity index (χ4v) is 2.00. The van der Waals surface area contributed by atoms with Crippen LogP contribution < -0.4 is 5.32 Å². The minimum atomic E-state index is -1.21. The van der Waals surface area contributed by atoms with Gasteiger partial charge in [-0.15, -0.1) is 10.2 Å². The van der Waals surface area contributed by atoms with Gasteiger partial charge in [0.2, 0.25) is 0 Å². The molecule has 108 valence electrons. The third-order valence-corrected chi connectivity index (χ3v) is 3.21. The fourth-order valence-electron chi connectivity index (χ4n) is 1.48. The van der Waals surface area contributed by atoms with Crippen LogP contribution in [0.15, 0.2) is 24.3 Å². The van der Waals surface area contributed by atoms with Gasteiger partial charge in [0.05, 0.1) is 16.1 Å². The highest BCUT2D eigenvalue weighted by Crippen LogP contribution is 2.22. The van der Waals surface area contributed by atoms with Gasteiger partial charge < -0.3 is 10.4 Å². The van der Waals surface area contributed by atoms with Crippen molar-refractivity contribution < 1.29 is 14.7 Å². The van der Waals surface area contributed by atoms with E-state index in [1.165, 1.54) is 24.3 Å². The summed E-state index contributed by atoms with van der Waals surface area (Å²) >= 11 is 17.1. The van der Waals surface area contributed by atoms with Gasteiger partial charge in [-0.2, -0.15) is 0 Å². The summed E-state index contributed by atoms with van der Waals surface area (Å²) in [5.74, 6) is -1.81. The maximum Gasteiger partial charge on any atom is 0.337 e. The Kier molecular flexibility index (Phi) is 4.62. The van der Waals surface area contributed by atoms with E-state index in [2.05, 4.69) is 15.5 Å². The van der Waals surface area contributed by atoms with Crippen LogP contribution in [0.25, 0.3) is 0 Å². The van der Waals surface area contributed by atoms with E-state index in [-0.39, 0.29) is 32.1 Å². The third kappa shape index (κ3) is 3.60. The Hall–Kier alpha value is -1.89. The Bertz CT molecular complexity index is 737. The first-order valence-electron chi connectivity index (χ1n) is 5.41. The summed E-state index contributed by atoms with van der Waals surface area (Å²) in [5, 5.41) is 18.4. The molecule has 6 nitrogen and oxygen atoms in total. The standard InChI is InChI=1S/C12H6Cl3N3O3/c13-8-2-1-5(3-6(8)12(20)21)16-11(19)7-4-9(14)17-18-10(7)15/h1-4H,(H,16,19)(H,20,21). The second-order valence-corrected chi connectivity index (χ2v) is 4.98. The highest BCUT2D eigenvalue weighted by molar-refractivity contribution is 6.35. The highest BCUT2D eigenvalue weighted by Gasteiger charge is 2.15. The van der Waals surface area contributed by atoms with Crippen LogP contribution in [0.4, 0.5) is 5.69 Å². The Morgan fingerprint density at radius 3 is 2.43 bits per heavy atom. The lowest BCUT2D eigenvalue weighted by Crippen LogP contribution is -2.14. The van der Waals surface area contributed by atoms with Crippen molar-refractivity contribution in [3.8, 4) is 0 Å². The van der Waals surface area contributed by atoms with Gasteiger partial charge in [-0.05, 0) is 24.3 Å². The molecule has 0 saturated heterocycles. The molecule has 9 heteroatoms. The van der Waals surface area contributed by atoms with Gasteiger partial charge in [-0.1, -0.05) is 34.8 Å². The summed E-state index contributed by atoms with van der Waals surface area (Å²) in [6, 6.07) is 5.30. The second kappa shape index (κ2) is 6.26. The maximum absolute atomic E-state index is 12.1. The number of benzene rings is 1. The SMILES string of the molecule is O=C(O)c1cc(NC(=O)c2cc(Cl)nnc2Cl)ccc1Cl. The number of rotatable bonds is 3. The van der Waals surface area contributed by atoms with Gasteiger partial charge in [-0.25, -0.2) is 4.79 Å². The smallest absolute Gasteiger partial charge is 0.337 e. The van der Waals surface area contributed by atoms with Crippen LogP contribution >= 0.6 is 34.8 Å². The number of halogens is 3. The molecule has 1 heterocycles. The number of aromatic carboxylic acids is 1. The summed E-state index contributed by atoms with van der Waals surface area (Å²) in [5.41, 5.74) is 0.126. The van der Waals surface area contributed by atoms with Gasteiger partial charge in [-0.3, -0.25) is 4.79 Å². The van der Waals surface area contributed by atoms with E-state index in [9.17, 15) is 9.59 Å². The van der Waals surface area contributed by atoms with E-state index in [0.29, 0.717) is 0 Å². The summed E-state index contributed by atoms with van der Waals surface area (Å²) in [4.78, 5) is 23.0. The number of anilines is 1. The summed E-state index contributed by atoms with van der Waals surface area (Å²) in [7, 11) is 0. The molecule has 0 aliphatic carbocycles. The molecule has 0 aliphatic heterocycles. The molecule has 1 amide bonds. The summed E-state index contributed by atoms with van der Waals surface area (Å²) < 4.78 is 0. The molecule has 2 aromatic rings. The van der Waals surface area contributed by atoms with E-state index < -0.39 is 11.9 Å². The zero-order valence-corrected chi connectivity index (χ0v) is 12.4. The number of hydrogen-bond donors (Lipinski definition) is 2. The van der Waals surface area contributed by atoms with Gasteiger partial charge in [0.25, 0.3) is 5.91 Å². The minimum Gasteiger partial charge on any atom is -0.478 e. The molecule has 0 radical (unpaired) electrons. The Morgan fingerprint density at radius 2 is 1.76 bits per heavy atom. The van der Waals surface area contributed by atoms with Crippen molar-refractivity contribution in [2.45, 2.75) is 0 Å². The van der Waals surface area contributed by atoms with E-state index in [1.807, 2.05) is 0 Å². The van der Waals surface area contributed by atoms with Gasteiger partial charge in [0.1, 0.15) is 0 Å². The first kappa shape index (κ1) is 15.5. The summed E-state index contributed by atoms with van der Waals surface area (Å²) in [6.07, 6.45) is 0. The molecule has 0 unspecified atom stereocenters. The molecule has 1 aromatic heterocycles. The van der Waals surface area contributed by atoms with Crippen molar-refractivity contribution in [3.05, 3.63) is 50.7 Å². The van der Waals surface area contributed by atoms with Crippen LogP contribution in [0.2, 0.25) is 15.3 Å². The number of nitrogens with one attached hydrogen (secondary N) is 1. The molecule has 0 bridgehead atoms. The lowest BCUT2D eigenvalue weighted by molar-refractivity contribution is 0.0696. The normalized spacial score (nSPS) is 10.2. The van der Waals surface area contributed by atoms with Crippen molar-refractivity contribution in [2.24, 2.45) is 0 Å². The molecule has 0 aliphatic rings. The predicted molar refractivity (Wildman–Crippen MR) is 78.4 cm³/mol. The number of carboxylic acid groups (broad SMARTS) is 1. The van der Waals surface area contributed by atoms with E-state index >= 15 is 0 Å². The average molecular weight is 347 g/mol. The van der Waals surface area contributed by atoms with Crippen molar-refractivity contribution in [2.75, 3.05) is 5.32 Å². The molecular formula is C12H6Cl3N3O3. The van der Waals surface area contributed by atoms with Crippen LogP contribution in [0.1, 0.15) is 20.7 Å². The molecule has 2 rings (SSSR count). The molecule has 0 saturated carbocycles. The molecule has 2 N–H and O–H groups in total. The lowest BCUT2D eigenvalue weighted by atomic mass is 10.2. The van der Waals surface area contributed by atoms with Crippen molar-refractivity contribution in [3.63, 3.8) is 0 Å². The molecule has 0 fully saturated rings. The molecular weight excluding hydrogens is 341 g/mol. The molecule has 0 atom stereocenters. The first-order chi connectivity index (χ1) is 9.88. The summed E-state index contributed by atoms with van der Waals surface area (Å²) in [6.45, 7) is 0. The van der Waals surface area contributed by atoms with Crippen LogP contribution in [-0.2, 0) is 0 Å². The number of amides is 1. The molecule has 1 aromatic carbocycles. The zero-order valence-electron chi connectivity index (χ0n) is 10.1. The topological polar surface area (TPSA) is 92.2 Å². The highest BCUT2D eigenvalue weighted by atomic mass is 35.5. The Labute approximate surface area is 133 Å². The number of aromatic nitrogens is 2. The first-order valence-corrected chi connectivity index (χ1v) is 6.55. The molecule has 0 spiro atoms. The van der Waals surface area contributed by atoms with Crippen LogP contribution in [0.5, 0.6) is 0 Å². The minimum absolute atomic E-state index is 0.00637. The zero-order chi connectivity index (χ0) is 15.6. The number of carbonyl (C=O) groups excluding carboxylic acids is 1. The number of carboxylic acids is 1. The van der Waals surface area contributed by atoms with Crippen LogP contribution in [0, 0.1) is 0 Å². The monoisotopic (exact) mass is 345 g/mol. The molecule has 21 heavy (non-hydrogen) atoms. The predicted octanol–water partition coefficient (Wildman–Crippen LogP) is 3.39. The van der Waals surface area contributed by atoms with Crippen molar-refractivity contribution >= 4 is 52.4 Å². The van der Waals surface area contributed by atoms with Crippen LogP contribution in [0.3, 0.4) is 0 Å². The Morgan fingerprint density at radius 1 is 1.05 bits per heavy atom. The number of nitrogens with zero attached hydrogens (tertiary/aromatic N) is 2. The van der Waals surface area contributed by atoms with E-state index in [0.717, 1.165) is 0 Å². The average Bonchev–Trinajstić information content (AvgIpc) is 2.43. The lowest BCUT2D eigenvalue weighted by Gasteiger charge is -2.08. The quantitative estimate of drug-likeness (QED) is 0.888. The van der Waals surface area contributed by atoms with Crippen molar-refractivity contribution in [1.82, 2.24) is 10.2 Å². The van der Waals surface area contributed by atoms with Gasteiger partial charge in [0.15, 0.2) is 10.3 Å².